The first-order valence-electron chi connectivity index (χ1n) is 10.6. The average molecular weight is 409 g/mol. The lowest BCUT2D eigenvalue weighted by Crippen LogP contribution is -2.52. The van der Waals surface area contributed by atoms with Gasteiger partial charge in [-0.2, -0.15) is 11.8 Å². The quantitative estimate of drug-likeness (QED) is 0.410. The third-order valence-corrected chi connectivity index (χ3v) is 6.67. The summed E-state index contributed by atoms with van der Waals surface area (Å²) in [4.78, 5) is 4.82. The smallest absolute Gasteiger partial charge is 0.191 e. The summed E-state index contributed by atoms with van der Waals surface area (Å²) in [7, 11) is 1.99. The predicted octanol–water partition coefficient (Wildman–Crippen LogP) is 2.79. The van der Waals surface area contributed by atoms with E-state index in [-0.39, 0.29) is 5.60 Å². The number of hydrogen-bond donors (Lipinski definition) is 2. The number of thioether (sulfide) groups is 1. The molecule has 1 atom stereocenters. The number of hydrogen-bond acceptors (Lipinski definition) is 5. The fourth-order valence-corrected chi connectivity index (χ4v) is 4.64. The van der Waals surface area contributed by atoms with E-state index in [2.05, 4.69) is 27.1 Å². The summed E-state index contributed by atoms with van der Waals surface area (Å²) in [6, 6.07) is 0.417. The zero-order valence-corrected chi connectivity index (χ0v) is 18.5. The van der Waals surface area contributed by atoms with Gasteiger partial charge in [-0.3, -0.25) is 0 Å². The van der Waals surface area contributed by atoms with E-state index in [1.54, 1.807) is 0 Å². The topological polar surface area (TPSA) is 76.4 Å². The van der Waals surface area contributed by atoms with Gasteiger partial charge in [0.25, 0.3) is 0 Å². The Kier molecular flexibility index (Phi) is 8.02. The summed E-state index contributed by atoms with van der Waals surface area (Å²) in [6.45, 7) is 4.27. The first-order valence-corrected chi connectivity index (χ1v) is 12.0. The van der Waals surface area contributed by atoms with Gasteiger partial charge in [0.2, 0.25) is 0 Å². The van der Waals surface area contributed by atoms with Crippen LogP contribution in [0.4, 0.5) is 0 Å². The van der Waals surface area contributed by atoms with Crippen LogP contribution in [0.25, 0.3) is 0 Å². The molecule has 0 amide bonds. The highest BCUT2D eigenvalue weighted by Crippen LogP contribution is 2.38. The Hall–Kier alpha value is -1.28. The van der Waals surface area contributed by atoms with Crippen molar-refractivity contribution in [3.63, 3.8) is 0 Å². The number of nitrogens with one attached hydrogen (secondary N) is 2. The molecule has 1 aliphatic heterocycles. The Bertz CT molecular complexity index is 635. The molecule has 0 aromatic carbocycles. The Morgan fingerprint density at radius 1 is 1.32 bits per heavy atom. The van der Waals surface area contributed by atoms with Gasteiger partial charge in [-0.15, -0.1) is 10.2 Å². The lowest BCUT2D eigenvalue weighted by Gasteiger charge is -2.44. The van der Waals surface area contributed by atoms with E-state index in [0.29, 0.717) is 12.6 Å². The SMILES string of the molecule is CSCCCNC(=NCc1nnc(C)n1C)NC1CCOC2(CCCCC2)C1. The first-order chi connectivity index (χ1) is 13.6. The van der Waals surface area contributed by atoms with E-state index < -0.39 is 0 Å². The van der Waals surface area contributed by atoms with Crippen molar-refractivity contribution in [3.8, 4) is 0 Å². The van der Waals surface area contributed by atoms with Crippen LogP contribution >= 0.6 is 11.8 Å². The highest BCUT2D eigenvalue weighted by atomic mass is 32.2. The van der Waals surface area contributed by atoms with E-state index in [9.17, 15) is 0 Å². The molecule has 1 aromatic heterocycles. The molecule has 1 unspecified atom stereocenters. The number of rotatable bonds is 7. The standard InChI is InChI=1S/C20H36N6OS/c1-16-24-25-18(26(16)2)15-22-19(21-11-7-13-28-3)23-17-8-12-27-20(14-17)9-5-4-6-10-20/h17H,4-15H2,1-3H3,(H2,21,22,23). The van der Waals surface area contributed by atoms with Crippen molar-refractivity contribution in [2.45, 2.75) is 76.5 Å². The van der Waals surface area contributed by atoms with Gasteiger partial charge in [0.1, 0.15) is 12.4 Å². The zero-order valence-electron chi connectivity index (χ0n) is 17.7. The third kappa shape index (κ3) is 5.86. The van der Waals surface area contributed by atoms with Crippen LogP contribution < -0.4 is 10.6 Å². The summed E-state index contributed by atoms with van der Waals surface area (Å²) < 4.78 is 8.25. The first kappa shape index (κ1) is 21.4. The van der Waals surface area contributed by atoms with Crippen molar-refractivity contribution in [1.29, 1.82) is 0 Å². The minimum absolute atomic E-state index is 0.0961. The number of ether oxygens (including phenoxy) is 1. The van der Waals surface area contributed by atoms with Gasteiger partial charge in [0, 0.05) is 26.2 Å². The van der Waals surface area contributed by atoms with Gasteiger partial charge >= 0.3 is 0 Å². The van der Waals surface area contributed by atoms with Crippen molar-refractivity contribution in [1.82, 2.24) is 25.4 Å². The maximum absolute atomic E-state index is 6.25. The third-order valence-electron chi connectivity index (χ3n) is 5.98. The van der Waals surface area contributed by atoms with Crippen LogP contribution in [-0.2, 0) is 18.3 Å². The molecule has 1 spiro atoms. The number of aliphatic imine (C=N–C) groups is 1. The van der Waals surface area contributed by atoms with Gasteiger partial charge in [-0.25, -0.2) is 4.99 Å². The Balaban J connectivity index is 1.62. The van der Waals surface area contributed by atoms with Crippen molar-refractivity contribution in [2.75, 3.05) is 25.2 Å². The molecule has 1 saturated carbocycles. The van der Waals surface area contributed by atoms with Crippen molar-refractivity contribution in [3.05, 3.63) is 11.6 Å². The lowest BCUT2D eigenvalue weighted by molar-refractivity contribution is -0.107. The second-order valence-electron chi connectivity index (χ2n) is 8.09. The van der Waals surface area contributed by atoms with Crippen LogP contribution in [0.2, 0.25) is 0 Å². The zero-order chi connectivity index (χ0) is 19.8. The second-order valence-corrected chi connectivity index (χ2v) is 9.07. The summed E-state index contributed by atoms with van der Waals surface area (Å²) in [6.07, 6.45) is 11.8. The molecule has 7 nitrogen and oxygen atoms in total. The average Bonchev–Trinajstić information content (AvgIpc) is 3.02. The molecule has 3 rings (SSSR count). The number of aryl methyl sites for hydroxylation is 1. The van der Waals surface area contributed by atoms with Gasteiger partial charge in [0.15, 0.2) is 11.8 Å². The largest absolute Gasteiger partial charge is 0.375 e. The number of nitrogens with zero attached hydrogens (tertiary/aromatic N) is 4. The molecule has 0 radical (unpaired) electrons. The highest BCUT2D eigenvalue weighted by molar-refractivity contribution is 7.98. The number of guanidine groups is 1. The van der Waals surface area contributed by atoms with Crippen molar-refractivity contribution in [2.24, 2.45) is 12.0 Å². The molecule has 2 N–H and O–H groups in total. The summed E-state index contributed by atoms with van der Waals surface area (Å²) in [5.41, 5.74) is 0.0961. The molecular weight excluding hydrogens is 372 g/mol. The molecule has 158 valence electrons. The Morgan fingerprint density at radius 2 is 2.14 bits per heavy atom. The molecule has 2 aliphatic rings. The second kappa shape index (κ2) is 10.5. The van der Waals surface area contributed by atoms with Gasteiger partial charge in [-0.05, 0) is 51.0 Å². The van der Waals surface area contributed by atoms with Gasteiger partial charge < -0.3 is 19.9 Å². The van der Waals surface area contributed by atoms with Crippen LogP contribution in [-0.4, -0.2) is 57.5 Å². The van der Waals surface area contributed by atoms with Crippen molar-refractivity contribution < 1.29 is 4.74 Å². The fourth-order valence-electron chi connectivity index (χ4n) is 4.20. The van der Waals surface area contributed by atoms with Crippen LogP contribution in [0, 0.1) is 6.92 Å². The van der Waals surface area contributed by atoms with Crippen LogP contribution in [0.3, 0.4) is 0 Å². The van der Waals surface area contributed by atoms with E-state index in [1.165, 1.54) is 32.1 Å². The van der Waals surface area contributed by atoms with E-state index in [0.717, 1.165) is 55.8 Å². The van der Waals surface area contributed by atoms with E-state index in [1.807, 2.05) is 30.3 Å². The predicted molar refractivity (Wildman–Crippen MR) is 116 cm³/mol. The minimum atomic E-state index is 0.0961. The van der Waals surface area contributed by atoms with Gasteiger partial charge in [0.05, 0.1) is 5.60 Å². The maximum atomic E-state index is 6.25. The van der Waals surface area contributed by atoms with Crippen LogP contribution in [0.5, 0.6) is 0 Å². The molecule has 2 fully saturated rings. The van der Waals surface area contributed by atoms with E-state index in [4.69, 9.17) is 9.73 Å². The molecule has 0 bridgehead atoms. The maximum Gasteiger partial charge on any atom is 0.191 e. The molecule has 1 aromatic rings. The Labute approximate surface area is 173 Å². The van der Waals surface area contributed by atoms with Gasteiger partial charge in [-0.1, -0.05) is 19.3 Å². The van der Waals surface area contributed by atoms with Crippen LogP contribution in [0.15, 0.2) is 4.99 Å². The molecule has 1 saturated heterocycles. The normalized spacial score (nSPS) is 22.4. The lowest BCUT2D eigenvalue weighted by atomic mass is 9.78. The molecule has 8 heteroatoms. The van der Waals surface area contributed by atoms with E-state index >= 15 is 0 Å². The monoisotopic (exact) mass is 408 g/mol. The molecule has 28 heavy (non-hydrogen) atoms. The Morgan fingerprint density at radius 3 is 2.86 bits per heavy atom. The fraction of sp³-hybridized carbons (Fsp3) is 0.850. The molecular formula is C20H36N6OS. The highest BCUT2D eigenvalue weighted by Gasteiger charge is 2.38. The number of aromatic nitrogens is 3. The van der Waals surface area contributed by atoms with Crippen LogP contribution in [0.1, 0.15) is 63.0 Å². The summed E-state index contributed by atoms with van der Waals surface area (Å²) in [5.74, 6) is 3.85. The summed E-state index contributed by atoms with van der Waals surface area (Å²) in [5, 5.41) is 15.6. The van der Waals surface area contributed by atoms with Crippen molar-refractivity contribution >= 4 is 17.7 Å². The molecule has 1 aliphatic carbocycles. The summed E-state index contributed by atoms with van der Waals surface area (Å²) >= 11 is 1.88. The molecule has 2 heterocycles. The minimum Gasteiger partial charge on any atom is -0.375 e.